The van der Waals surface area contributed by atoms with Crippen molar-refractivity contribution in [1.29, 1.82) is 0 Å². The summed E-state index contributed by atoms with van der Waals surface area (Å²) in [5.74, 6) is 1.51. The van der Waals surface area contributed by atoms with E-state index in [0.717, 1.165) is 30.4 Å². The second-order valence-electron chi connectivity index (χ2n) is 9.41. The van der Waals surface area contributed by atoms with E-state index in [2.05, 4.69) is 26.1 Å². The number of hydrogen-bond donors (Lipinski definition) is 1. The number of hydrogen-bond acceptors (Lipinski definition) is 3. The van der Waals surface area contributed by atoms with Crippen LogP contribution in [0, 0.1) is 11.8 Å². The van der Waals surface area contributed by atoms with Gasteiger partial charge in [0.1, 0.15) is 5.76 Å². The molecule has 2 aromatic heterocycles. The molecule has 0 spiro atoms. The number of benzene rings is 1. The highest BCUT2D eigenvalue weighted by molar-refractivity contribution is 6.01. The predicted octanol–water partition coefficient (Wildman–Crippen LogP) is 5.86. The van der Waals surface area contributed by atoms with Crippen LogP contribution in [-0.4, -0.2) is 21.5 Å². The molecule has 0 aliphatic heterocycles. The summed E-state index contributed by atoms with van der Waals surface area (Å²) in [5, 5.41) is 4.53. The van der Waals surface area contributed by atoms with Crippen molar-refractivity contribution in [3.05, 3.63) is 65.0 Å². The Bertz CT molecular complexity index is 1120. The Morgan fingerprint density at radius 2 is 1.91 bits per heavy atom. The Morgan fingerprint density at radius 3 is 2.59 bits per heavy atom. The van der Waals surface area contributed by atoms with Gasteiger partial charge in [-0.1, -0.05) is 51.8 Å². The third-order valence-corrected chi connectivity index (χ3v) is 6.43. The smallest absolute Gasteiger partial charge is 0.322 e. The SMILES string of the molecule is CC(C)Cn1cc(NC(=O)N(Cc2ccco2)C2CCCCC2C)c2ccccc2c1=O. The van der Waals surface area contributed by atoms with Crippen molar-refractivity contribution in [3.8, 4) is 0 Å². The summed E-state index contributed by atoms with van der Waals surface area (Å²) in [7, 11) is 0. The molecule has 2 atom stereocenters. The normalized spacial score (nSPS) is 18.8. The van der Waals surface area contributed by atoms with Crippen LogP contribution in [0.2, 0.25) is 0 Å². The van der Waals surface area contributed by atoms with E-state index < -0.39 is 0 Å². The van der Waals surface area contributed by atoms with Crippen molar-refractivity contribution in [2.24, 2.45) is 11.8 Å². The molecule has 6 nitrogen and oxygen atoms in total. The summed E-state index contributed by atoms with van der Waals surface area (Å²) in [4.78, 5) is 28.5. The Hall–Kier alpha value is -3.02. The summed E-state index contributed by atoms with van der Waals surface area (Å²) in [5.41, 5.74) is 0.638. The number of carbonyl (C=O) groups is 1. The standard InChI is InChI=1S/C26H33N3O3/c1-18(2)15-28-17-23(21-11-5-6-12-22(21)25(28)30)27-26(31)29(16-20-10-8-14-32-20)24-13-7-4-9-19(24)3/h5-6,8,10-12,14,17-19,24H,4,7,9,13,15-16H2,1-3H3,(H,27,31). The van der Waals surface area contributed by atoms with Crippen molar-refractivity contribution in [1.82, 2.24) is 9.47 Å². The molecule has 2 heterocycles. The molecule has 1 aromatic carbocycles. The third-order valence-electron chi connectivity index (χ3n) is 6.43. The van der Waals surface area contributed by atoms with Crippen molar-refractivity contribution < 1.29 is 9.21 Å². The average Bonchev–Trinajstić information content (AvgIpc) is 3.29. The molecular weight excluding hydrogens is 402 g/mol. The van der Waals surface area contributed by atoms with Gasteiger partial charge in [-0.2, -0.15) is 0 Å². The second-order valence-corrected chi connectivity index (χ2v) is 9.41. The monoisotopic (exact) mass is 435 g/mol. The topological polar surface area (TPSA) is 67.5 Å². The number of carbonyl (C=O) groups excluding carboxylic acids is 1. The Kier molecular flexibility index (Phi) is 6.68. The van der Waals surface area contributed by atoms with Gasteiger partial charge in [-0.15, -0.1) is 0 Å². The summed E-state index contributed by atoms with van der Waals surface area (Å²) < 4.78 is 7.28. The van der Waals surface area contributed by atoms with Gasteiger partial charge in [-0.25, -0.2) is 4.79 Å². The molecule has 2 amide bonds. The third kappa shape index (κ3) is 4.74. The molecule has 3 aromatic rings. The maximum atomic E-state index is 13.6. The largest absolute Gasteiger partial charge is 0.467 e. The van der Waals surface area contributed by atoms with Gasteiger partial charge in [0, 0.05) is 29.6 Å². The van der Waals surface area contributed by atoms with Gasteiger partial charge < -0.3 is 19.2 Å². The fourth-order valence-corrected chi connectivity index (χ4v) is 4.83. The number of nitrogens with one attached hydrogen (secondary N) is 1. The maximum Gasteiger partial charge on any atom is 0.322 e. The highest BCUT2D eigenvalue weighted by Crippen LogP contribution is 2.30. The van der Waals surface area contributed by atoms with E-state index in [1.165, 1.54) is 6.42 Å². The number of anilines is 1. The predicted molar refractivity (Wildman–Crippen MR) is 128 cm³/mol. The lowest BCUT2D eigenvalue weighted by atomic mass is 9.85. The average molecular weight is 436 g/mol. The van der Waals surface area contributed by atoms with Gasteiger partial charge in [0.2, 0.25) is 0 Å². The van der Waals surface area contributed by atoms with Crippen LogP contribution in [0.1, 0.15) is 52.2 Å². The number of pyridine rings is 1. The molecule has 1 saturated carbocycles. The molecule has 1 aliphatic carbocycles. The fraction of sp³-hybridized carbons (Fsp3) is 0.462. The van der Waals surface area contributed by atoms with Gasteiger partial charge in [0.25, 0.3) is 5.56 Å². The minimum absolute atomic E-state index is 0.0272. The van der Waals surface area contributed by atoms with Crippen LogP contribution in [0.25, 0.3) is 10.8 Å². The Labute approximate surface area is 189 Å². The first-order chi connectivity index (χ1) is 15.4. The molecule has 0 saturated heterocycles. The van der Waals surface area contributed by atoms with E-state index in [1.807, 2.05) is 41.3 Å². The fourth-order valence-electron chi connectivity index (χ4n) is 4.83. The number of nitrogens with zero attached hydrogens (tertiary/aromatic N) is 2. The van der Waals surface area contributed by atoms with Crippen LogP contribution in [0.3, 0.4) is 0 Å². The van der Waals surface area contributed by atoms with Crippen LogP contribution in [0.4, 0.5) is 10.5 Å². The van der Waals surface area contributed by atoms with E-state index in [-0.39, 0.29) is 17.6 Å². The second kappa shape index (κ2) is 9.63. The van der Waals surface area contributed by atoms with Crippen LogP contribution >= 0.6 is 0 Å². The molecule has 0 radical (unpaired) electrons. The quantitative estimate of drug-likeness (QED) is 0.527. The van der Waals surface area contributed by atoms with Crippen LogP contribution in [0.5, 0.6) is 0 Å². The number of rotatable bonds is 6. The van der Waals surface area contributed by atoms with Gasteiger partial charge in [0.05, 0.1) is 18.5 Å². The minimum atomic E-state index is -0.153. The van der Waals surface area contributed by atoms with Gasteiger partial charge in [-0.05, 0) is 42.9 Å². The molecule has 32 heavy (non-hydrogen) atoms. The first-order valence-electron chi connectivity index (χ1n) is 11.7. The molecule has 1 aliphatic rings. The molecule has 6 heteroatoms. The lowest BCUT2D eigenvalue weighted by Crippen LogP contribution is -2.46. The van der Waals surface area contributed by atoms with Crippen LogP contribution < -0.4 is 10.9 Å². The van der Waals surface area contributed by atoms with Gasteiger partial charge >= 0.3 is 6.03 Å². The summed E-state index contributed by atoms with van der Waals surface area (Å²) >= 11 is 0. The van der Waals surface area contributed by atoms with Crippen LogP contribution in [-0.2, 0) is 13.1 Å². The summed E-state index contributed by atoms with van der Waals surface area (Å²) in [6, 6.07) is 11.2. The first-order valence-corrected chi connectivity index (χ1v) is 11.7. The molecule has 4 rings (SSSR count). The van der Waals surface area contributed by atoms with Crippen molar-refractivity contribution in [2.75, 3.05) is 5.32 Å². The Morgan fingerprint density at radius 1 is 1.16 bits per heavy atom. The van der Waals surface area contributed by atoms with E-state index in [4.69, 9.17) is 4.42 Å². The van der Waals surface area contributed by atoms with E-state index >= 15 is 0 Å². The van der Waals surface area contributed by atoms with E-state index in [9.17, 15) is 9.59 Å². The minimum Gasteiger partial charge on any atom is -0.467 e. The van der Waals surface area contributed by atoms with Crippen molar-refractivity contribution in [3.63, 3.8) is 0 Å². The molecule has 170 valence electrons. The first kappa shape index (κ1) is 22.2. The van der Waals surface area contributed by atoms with Crippen molar-refractivity contribution >= 4 is 22.5 Å². The van der Waals surface area contributed by atoms with Crippen LogP contribution in [0.15, 0.2) is 58.1 Å². The number of amides is 2. The molecule has 1 N–H and O–H groups in total. The lowest BCUT2D eigenvalue weighted by molar-refractivity contribution is 0.124. The Balaban J connectivity index is 1.69. The summed E-state index contributed by atoms with van der Waals surface area (Å²) in [6.45, 7) is 7.41. The highest BCUT2D eigenvalue weighted by Gasteiger charge is 2.31. The van der Waals surface area contributed by atoms with Gasteiger partial charge in [-0.3, -0.25) is 4.79 Å². The highest BCUT2D eigenvalue weighted by atomic mass is 16.3. The zero-order valence-corrected chi connectivity index (χ0v) is 19.2. The molecule has 1 fully saturated rings. The van der Waals surface area contributed by atoms with Gasteiger partial charge in [0.15, 0.2) is 0 Å². The number of furan rings is 1. The maximum absolute atomic E-state index is 13.6. The number of aromatic nitrogens is 1. The molecule has 2 unspecified atom stereocenters. The zero-order chi connectivity index (χ0) is 22.7. The van der Waals surface area contributed by atoms with E-state index in [0.29, 0.717) is 36.0 Å². The summed E-state index contributed by atoms with van der Waals surface area (Å²) in [6.07, 6.45) is 7.87. The van der Waals surface area contributed by atoms with E-state index in [1.54, 1.807) is 17.0 Å². The molecular formula is C26H33N3O3. The number of fused-ring (bicyclic) bond motifs is 1. The lowest BCUT2D eigenvalue weighted by Gasteiger charge is -2.38. The van der Waals surface area contributed by atoms with Crippen molar-refractivity contribution in [2.45, 2.75) is 65.6 Å². The zero-order valence-electron chi connectivity index (χ0n) is 19.2. The molecule has 0 bridgehead atoms. The number of urea groups is 1.